The molecule has 2 heterocycles. The van der Waals surface area contributed by atoms with Crippen LogP contribution in [-0.4, -0.2) is 46.5 Å². The number of carbonyl (C=O) groups is 2. The molecular weight excluding hydrogens is 511 g/mol. The molecule has 2 aromatic carbocycles. The first-order chi connectivity index (χ1) is 17.8. The van der Waals surface area contributed by atoms with Gasteiger partial charge in [-0.15, -0.1) is 0 Å². The molecule has 1 aromatic heterocycles. The number of carbonyl (C=O) groups excluding carboxylic acids is 2. The van der Waals surface area contributed by atoms with E-state index in [1.807, 2.05) is 18.2 Å². The van der Waals surface area contributed by atoms with Gasteiger partial charge in [-0.3, -0.25) is 14.6 Å². The Morgan fingerprint density at radius 1 is 1.00 bits per heavy atom. The predicted molar refractivity (Wildman–Crippen MR) is 148 cm³/mol. The van der Waals surface area contributed by atoms with Crippen LogP contribution < -0.4 is 16.0 Å². The minimum Gasteiger partial charge on any atom is -0.505 e. The molecule has 1 amide bonds. The van der Waals surface area contributed by atoms with E-state index in [9.17, 15) is 14.7 Å². The first-order valence-corrected chi connectivity index (χ1v) is 13.5. The lowest BCUT2D eigenvalue weighted by Crippen LogP contribution is -2.47. The number of phenolic OH excluding ortho intramolecular Hbond substituents is 1. The number of nitrogens with zero attached hydrogens (tertiary/aromatic N) is 1. The molecule has 1 saturated carbocycles. The fourth-order valence-corrected chi connectivity index (χ4v) is 5.81. The van der Waals surface area contributed by atoms with Crippen molar-refractivity contribution in [2.24, 2.45) is 0 Å². The molecule has 1 aliphatic carbocycles. The number of Topliss-reactive ketones (excluding diaryl/α,β-unsaturated/α-hetero) is 1. The number of pyridine rings is 1. The van der Waals surface area contributed by atoms with Crippen molar-refractivity contribution in [2.45, 2.75) is 63.6 Å². The van der Waals surface area contributed by atoms with Crippen molar-refractivity contribution < 1.29 is 14.7 Å². The van der Waals surface area contributed by atoms with Crippen LogP contribution in [-0.2, 0) is 4.79 Å². The van der Waals surface area contributed by atoms with Gasteiger partial charge in [0.15, 0.2) is 11.5 Å². The van der Waals surface area contributed by atoms with E-state index in [2.05, 4.69) is 20.9 Å². The van der Waals surface area contributed by atoms with Gasteiger partial charge >= 0.3 is 0 Å². The number of aromatic nitrogens is 1. The molecule has 37 heavy (non-hydrogen) atoms. The van der Waals surface area contributed by atoms with Crippen molar-refractivity contribution in [3.8, 4) is 16.9 Å². The number of anilines is 1. The zero-order valence-corrected chi connectivity index (χ0v) is 22.1. The molecule has 0 radical (unpaired) electrons. The lowest BCUT2D eigenvalue weighted by Gasteiger charge is -2.31. The van der Waals surface area contributed by atoms with Crippen molar-refractivity contribution >= 4 is 51.5 Å². The Morgan fingerprint density at radius 2 is 1.70 bits per heavy atom. The minimum absolute atomic E-state index is 0.0651. The average molecular weight is 541 g/mol. The van der Waals surface area contributed by atoms with Crippen molar-refractivity contribution in [1.29, 1.82) is 0 Å². The maximum atomic E-state index is 12.5. The normalized spacial score (nSPS) is 21.6. The number of hydrogen-bond acceptors (Lipinski definition) is 6. The molecule has 5 rings (SSSR count). The minimum atomic E-state index is -0.151. The van der Waals surface area contributed by atoms with Gasteiger partial charge in [-0.2, -0.15) is 0 Å². The van der Waals surface area contributed by atoms with Gasteiger partial charge in [0.25, 0.3) is 0 Å². The fourth-order valence-electron chi connectivity index (χ4n) is 5.32. The molecule has 1 unspecified atom stereocenters. The van der Waals surface area contributed by atoms with Crippen LogP contribution in [0.4, 0.5) is 5.69 Å². The Hall–Kier alpha value is -2.87. The Bertz CT molecular complexity index is 1330. The second-order valence-corrected chi connectivity index (χ2v) is 10.8. The van der Waals surface area contributed by atoms with E-state index in [4.69, 9.17) is 23.2 Å². The summed E-state index contributed by atoms with van der Waals surface area (Å²) in [5.41, 5.74) is 3.65. The fraction of sp³-hybridized carbons (Fsp3) is 0.393. The van der Waals surface area contributed by atoms with Gasteiger partial charge in [-0.05, 0) is 87.4 Å². The molecule has 2 fully saturated rings. The summed E-state index contributed by atoms with van der Waals surface area (Å²) < 4.78 is 0. The van der Waals surface area contributed by atoms with Gasteiger partial charge in [0.05, 0.1) is 32.9 Å². The molecule has 2 aliphatic rings. The number of benzene rings is 2. The first-order valence-electron chi connectivity index (χ1n) is 12.7. The van der Waals surface area contributed by atoms with Crippen LogP contribution in [0, 0.1) is 0 Å². The van der Waals surface area contributed by atoms with E-state index >= 15 is 0 Å². The molecule has 0 bridgehead atoms. The zero-order valence-electron chi connectivity index (χ0n) is 20.6. The largest absolute Gasteiger partial charge is 0.505 e. The summed E-state index contributed by atoms with van der Waals surface area (Å²) in [4.78, 5) is 29.6. The second kappa shape index (κ2) is 10.9. The molecule has 1 atom stereocenters. The third-order valence-electron chi connectivity index (χ3n) is 7.40. The topological polar surface area (TPSA) is 103 Å². The van der Waals surface area contributed by atoms with Gasteiger partial charge in [0, 0.05) is 23.7 Å². The summed E-state index contributed by atoms with van der Waals surface area (Å²) in [6.45, 7) is 2.45. The maximum Gasteiger partial charge on any atom is 0.237 e. The number of phenols is 1. The Morgan fingerprint density at radius 3 is 2.35 bits per heavy atom. The van der Waals surface area contributed by atoms with Crippen LogP contribution in [0.1, 0.15) is 55.8 Å². The van der Waals surface area contributed by atoms with Crippen LogP contribution in [0.2, 0.25) is 10.0 Å². The van der Waals surface area contributed by atoms with Crippen molar-refractivity contribution in [3.05, 3.63) is 52.1 Å². The van der Waals surface area contributed by atoms with Crippen molar-refractivity contribution in [3.63, 3.8) is 0 Å². The van der Waals surface area contributed by atoms with Crippen LogP contribution in [0.3, 0.4) is 0 Å². The SMILES string of the molecule is CC(=O)c1cnc2ccc(-c3cc(Cl)c(O)c(Cl)c3)cc2c1NC1CCC(NC(=O)C2CCCN2)CC1. The number of hydrogen-bond donors (Lipinski definition) is 4. The number of nitrogens with one attached hydrogen (secondary N) is 3. The molecular formula is C28H30Cl2N4O3. The number of ketones is 1. The van der Waals surface area contributed by atoms with E-state index < -0.39 is 0 Å². The highest BCUT2D eigenvalue weighted by molar-refractivity contribution is 6.37. The Labute approximate surface area is 225 Å². The highest BCUT2D eigenvalue weighted by Gasteiger charge is 2.28. The van der Waals surface area contributed by atoms with Crippen LogP contribution >= 0.6 is 23.2 Å². The summed E-state index contributed by atoms with van der Waals surface area (Å²) in [7, 11) is 0. The van der Waals surface area contributed by atoms with E-state index in [0.717, 1.165) is 72.8 Å². The van der Waals surface area contributed by atoms with Crippen LogP contribution in [0.25, 0.3) is 22.0 Å². The standard InChI is InChI=1S/C28H30Cl2N4O3/c1-15(35)21-14-32-24-9-4-16(17-12-22(29)27(36)23(30)13-17)11-20(24)26(21)33-18-5-7-19(8-6-18)34-28(37)25-3-2-10-31-25/h4,9,11-14,18-19,25,31,36H,2-3,5-8,10H2,1H3,(H,32,33)(H,34,37). The number of rotatable bonds is 6. The lowest BCUT2D eigenvalue weighted by atomic mass is 9.90. The summed E-state index contributed by atoms with van der Waals surface area (Å²) in [6, 6.07) is 9.39. The van der Waals surface area contributed by atoms with E-state index in [-0.39, 0.29) is 45.6 Å². The van der Waals surface area contributed by atoms with Gasteiger partial charge < -0.3 is 21.1 Å². The highest BCUT2D eigenvalue weighted by Crippen LogP contribution is 2.38. The predicted octanol–water partition coefficient (Wildman–Crippen LogP) is 5.71. The third-order valence-corrected chi connectivity index (χ3v) is 7.97. The molecule has 4 N–H and O–H groups in total. The monoisotopic (exact) mass is 540 g/mol. The first kappa shape index (κ1) is 25.8. The summed E-state index contributed by atoms with van der Waals surface area (Å²) >= 11 is 12.3. The summed E-state index contributed by atoms with van der Waals surface area (Å²) in [5.74, 6) is -0.111. The number of amides is 1. The smallest absolute Gasteiger partial charge is 0.237 e. The van der Waals surface area contributed by atoms with Gasteiger partial charge in [0.2, 0.25) is 5.91 Å². The molecule has 194 valence electrons. The molecule has 1 aliphatic heterocycles. The van der Waals surface area contributed by atoms with Crippen molar-refractivity contribution in [2.75, 3.05) is 11.9 Å². The average Bonchev–Trinajstić information content (AvgIpc) is 3.43. The van der Waals surface area contributed by atoms with E-state index in [0.29, 0.717) is 5.56 Å². The van der Waals surface area contributed by atoms with Crippen LogP contribution in [0.5, 0.6) is 5.75 Å². The molecule has 3 aromatic rings. The Balaban J connectivity index is 1.38. The van der Waals surface area contributed by atoms with E-state index in [1.165, 1.54) is 0 Å². The summed E-state index contributed by atoms with van der Waals surface area (Å²) in [6.07, 6.45) is 7.09. The molecule has 7 nitrogen and oxygen atoms in total. The highest BCUT2D eigenvalue weighted by atomic mass is 35.5. The van der Waals surface area contributed by atoms with Gasteiger partial charge in [-0.25, -0.2) is 0 Å². The second-order valence-electron chi connectivity index (χ2n) is 9.97. The van der Waals surface area contributed by atoms with Gasteiger partial charge in [-0.1, -0.05) is 29.3 Å². The third kappa shape index (κ3) is 5.54. The molecule has 1 saturated heterocycles. The summed E-state index contributed by atoms with van der Waals surface area (Å²) in [5, 5.41) is 21.2. The maximum absolute atomic E-state index is 12.5. The molecule has 0 spiro atoms. The lowest BCUT2D eigenvalue weighted by molar-refractivity contribution is -0.123. The van der Waals surface area contributed by atoms with Crippen LogP contribution in [0.15, 0.2) is 36.5 Å². The van der Waals surface area contributed by atoms with E-state index in [1.54, 1.807) is 25.3 Å². The van der Waals surface area contributed by atoms with Gasteiger partial charge in [0.1, 0.15) is 0 Å². The van der Waals surface area contributed by atoms with Crippen molar-refractivity contribution in [1.82, 2.24) is 15.6 Å². The quantitative estimate of drug-likeness (QED) is 0.298. The molecule has 9 heteroatoms. The Kier molecular flexibility index (Phi) is 7.56. The number of halogens is 2. The number of fused-ring (bicyclic) bond motifs is 1. The zero-order chi connectivity index (χ0) is 26.1. The number of aromatic hydroxyl groups is 1.